The van der Waals surface area contributed by atoms with E-state index in [-0.39, 0.29) is 19.1 Å². The number of phosphoric acid groups is 1. The molecule has 0 bridgehead atoms. The molecule has 0 fully saturated rings. The highest BCUT2D eigenvalue weighted by Crippen LogP contribution is 2.49. The summed E-state index contributed by atoms with van der Waals surface area (Å²) in [4.78, 5) is 0. The van der Waals surface area contributed by atoms with Crippen LogP contribution in [0, 0.1) is 6.92 Å². The van der Waals surface area contributed by atoms with Crippen LogP contribution in [0.2, 0.25) is 0 Å². The lowest BCUT2D eigenvalue weighted by Crippen LogP contribution is -2.04. The zero-order chi connectivity index (χ0) is 12.7. The molecule has 6 heteroatoms. The molecular formula is C11H16ClO4P. The average Bonchev–Trinajstić information content (AvgIpc) is 2.30. The van der Waals surface area contributed by atoms with Crippen molar-refractivity contribution in [2.75, 3.05) is 19.1 Å². The number of phosphoric ester groups is 1. The van der Waals surface area contributed by atoms with Crippen LogP contribution in [0.15, 0.2) is 24.3 Å². The van der Waals surface area contributed by atoms with Gasteiger partial charge in [-0.25, -0.2) is 4.57 Å². The monoisotopic (exact) mass is 278 g/mol. The summed E-state index contributed by atoms with van der Waals surface area (Å²) in [5.74, 6) is 0.677. The second-order valence-electron chi connectivity index (χ2n) is 3.29. The quantitative estimate of drug-likeness (QED) is 0.562. The Bertz CT molecular complexity index is 380. The lowest BCUT2D eigenvalue weighted by Gasteiger charge is -2.17. The van der Waals surface area contributed by atoms with Crippen LogP contribution in [-0.2, 0) is 13.6 Å². The van der Waals surface area contributed by atoms with E-state index >= 15 is 0 Å². The molecule has 1 aromatic carbocycles. The third-order valence-corrected chi connectivity index (χ3v) is 3.51. The number of rotatable bonds is 7. The molecule has 17 heavy (non-hydrogen) atoms. The van der Waals surface area contributed by atoms with Crippen LogP contribution < -0.4 is 4.52 Å². The minimum atomic E-state index is -3.56. The maximum Gasteiger partial charge on any atom is 0.530 e. The van der Waals surface area contributed by atoms with E-state index in [0.29, 0.717) is 5.75 Å². The van der Waals surface area contributed by atoms with Crippen LogP contribution in [0.25, 0.3) is 0 Å². The van der Waals surface area contributed by atoms with Crippen molar-refractivity contribution in [3.05, 3.63) is 29.8 Å². The predicted octanol–water partition coefficient (Wildman–Crippen LogP) is 3.77. The van der Waals surface area contributed by atoms with Gasteiger partial charge in [0.1, 0.15) is 5.75 Å². The summed E-state index contributed by atoms with van der Waals surface area (Å²) in [6.45, 7) is 4.03. The number of halogens is 1. The first-order chi connectivity index (χ1) is 8.09. The lowest BCUT2D eigenvalue weighted by atomic mass is 10.2. The molecule has 0 aliphatic rings. The fraction of sp³-hybridized carbons (Fsp3) is 0.455. The van der Waals surface area contributed by atoms with Crippen LogP contribution in [0.5, 0.6) is 5.75 Å². The van der Waals surface area contributed by atoms with E-state index in [2.05, 4.69) is 0 Å². The molecule has 0 saturated carbocycles. The van der Waals surface area contributed by atoms with Crippen molar-refractivity contribution in [1.82, 2.24) is 0 Å². The Morgan fingerprint density at radius 1 is 1.24 bits per heavy atom. The fourth-order valence-electron chi connectivity index (χ4n) is 1.12. The van der Waals surface area contributed by atoms with Crippen LogP contribution in [0.3, 0.4) is 0 Å². The van der Waals surface area contributed by atoms with Crippen molar-refractivity contribution in [3.63, 3.8) is 0 Å². The van der Waals surface area contributed by atoms with Gasteiger partial charge in [-0.1, -0.05) is 17.7 Å². The van der Waals surface area contributed by atoms with Crippen LogP contribution >= 0.6 is 19.4 Å². The number of hydrogen-bond donors (Lipinski definition) is 0. The third kappa shape index (κ3) is 5.09. The van der Waals surface area contributed by atoms with Gasteiger partial charge in [0.05, 0.1) is 13.2 Å². The first kappa shape index (κ1) is 14.5. The van der Waals surface area contributed by atoms with E-state index < -0.39 is 7.82 Å². The van der Waals surface area contributed by atoms with E-state index in [1.54, 1.807) is 19.1 Å². The SMILES string of the molecule is CCOP(=O)(OCCCl)Oc1ccc(C)cc1. The van der Waals surface area contributed by atoms with Crippen molar-refractivity contribution in [2.24, 2.45) is 0 Å². The zero-order valence-electron chi connectivity index (χ0n) is 9.89. The highest BCUT2D eigenvalue weighted by Gasteiger charge is 2.27. The topological polar surface area (TPSA) is 44.8 Å². The Labute approximate surface area is 106 Å². The smallest absolute Gasteiger partial charge is 0.404 e. The molecule has 1 unspecified atom stereocenters. The number of benzene rings is 1. The third-order valence-electron chi connectivity index (χ3n) is 1.85. The van der Waals surface area contributed by atoms with E-state index in [4.69, 9.17) is 25.2 Å². The summed E-state index contributed by atoms with van der Waals surface area (Å²) in [5.41, 5.74) is 1.09. The molecule has 0 spiro atoms. The van der Waals surface area contributed by atoms with Gasteiger partial charge in [0, 0.05) is 5.88 Å². The molecule has 0 aliphatic heterocycles. The Kier molecular flexibility index (Phi) is 6.00. The van der Waals surface area contributed by atoms with Crippen molar-refractivity contribution < 1.29 is 18.1 Å². The second kappa shape index (κ2) is 7.02. The molecule has 1 aromatic rings. The van der Waals surface area contributed by atoms with E-state index in [0.717, 1.165) is 5.56 Å². The molecule has 0 heterocycles. The Balaban J connectivity index is 2.71. The zero-order valence-corrected chi connectivity index (χ0v) is 11.5. The molecule has 96 valence electrons. The number of alkyl halides is 1. The first-order valence-corrected chi connectivity index (χ1v) is 7.30. The summed E-state index contributed by atoms with van der Waals surface area (Å²) >= 11 is 5.47. The van der Waals surface area contributed by atoms with Crippen LogP contribution in [-0.4, -0.2) is 19.1 Å². The molecule has 4 nitrogen and oxygen atoms in total. The summed E-state index contributed by atoms with van der Waals surface area (Å²) in [6.07, 6.45) is 0. The van der Waals surface area contributed by atoms with Crippen molar-refractivity contribution in [2.45, 2.75) is 13.8 Å². The number of aryl methyl sites for hydroxylation is 1. The van der Waals surface area contributed by atoms with Crippen molar-refractivity contribution >= 4 is 19.4 Å². The van der Waals surface area contributed by atoms with Crippen LogP contribution in [0.1, 0.15) is 12.5 Å². The summed E-state index contributed by atoms with van der Waals surface area (Å²) < 4.78 is 27.4. The maximum absolute atomic E-state index is 12.1. The van der Waals surface area contributed by atoms with E-state index in [1.165, 1.54) is 0 Å². The highest BCUT2D eigenvalue weighted by molar-refractivity contribution is 7.48. The van der Waals surface area contributed by atoms with Gasteiger partial charge in [0.2, 0.25) is 0 Å². The van der Waals surface area contributed by atoms with Gasteiger partial charge in [0.15, 0.2) is 0 Å². The molecule has 0 radical (unpaired) electrons. The Hall–Kier alpha value is -0.540. The summed E-state index contributed by atoms with van der Waals surface area (Å²) in [5, 5.41) is 0. The molecular weight excluding hydrogens is 263 g/mol. The molecule has 0 saturated heterocycles. The standard InChI is InChI=1S/C11H16ClO4P/c1-3-14-17(13,15-9-8-12)16-11-6-4-10(2)5-7-11/h4-7H,3,8-9H2,1-2H3. The minimum absolute atomic E-state index is 0.116. The molecule has 1 atom stereocenters. The molecule has 0 aromatic heterocycles. The van der Waals surface area contributed by atoms with Gasteiger partial charge in [-0.2, -0.15) is 0 Å². The van der Waals surface area contributed by atoms with E-state index in [9.17, 15) is 4.57 Å². The van der Waals surface area contributed by atoms with Crippen LogP contribution in [0.4, 0.5) is 0 Å². The number of hydrogen-bond acceptors (Lipinski definition) is 4. The molecule has 0 aliphatic carbocycles. The van der Waals surface area contributed by atoms with Gasteiger partial charge in [-0.05, 0) is 26.0 Å². The van der Waals surface area contributed by atoms with Crippen molar-refractivity contribution in [1.29, 1.82) is 0 Å². The molecule has 1 rings (SSSR count). The Morgan fingerprint density at radius 2 is 1.88 bits per heavy atom. The fourth-order valence-corrected chi connectivity index (χ4v) is 2.50. The molecule has 0 N–H and O–H groups in total. The van der Waals surface area contributed by atoms with Gasteiger partial charge in [0.25, 0.3) is 0 Å². The minimum Gasteiger partial charge on any atom is -0.404 e. The van der Waals surface area contributed by atoms with Gasteiger partial charge in [-0.3, -0.25) is 9.05 Å². The van der Waals surface area contributed by atoms with Gasteiger partial charge >= 0.3 is 7.82 Å². The Morgan fingerprint density at radius 3 is 2.41 bits per heavy atom. The summed E-state index contributed by atoms with van der Waals surface area (Å²) in [6, 6.07) is 7.14. The second-order valence-corrected chi connectivity index (χ2v) is 5.26. The maximum atomic E-state index is 12.1. The summed E-state index contributed by atoms with van der Waals surface area (Å²) in [7, 11) is -3.56. The molecule has 0 amide bonds. The first-order valence-electron chi connectivity index (χ1n) is 5.31. The highest BCUT2D eigenvalue weighted by atomic mass is 35.5. The van der Waals surface area contributed by atoms with Gasteiger partial charge < -0.3 is 4.52 Å². The van der Waals surface area contributed by atoms with Crippen molar-refractivity contribution in [3.8, 4) is 5.75 Å². The normalized spacial score (nSPS) is 14.3. The average molecular weight is 279 g/mol. The predicted molar refractivity (Wildman–Crippen MR) is 67.7 cm³/mol. The lowest BCUT2D eigenvalue weighted by molar-refractivity contribution is 0.168. The van der Waals surface area contributed by atoms with Gasteiger partial charge in [-0.15, -0.1) is 11.6 Å². The largest absolute Gasteiger partial charge is 0.530 e. The van der Waals surface area contributed by atoms with E-state index in [1.807, 2.05) is 19.1 Å².